The molecule has 4 nitrogen and oxygen atoms in total. The predicted molar refractivity (Wildman–Crippen MR) is 65.9 cm³/mol. The number of aromatic nitrogens is 3. The lowest BCUT2D eigenvalue weighted by Crippen LogP contribution is -2.09. The molecule has 0 aliphatic heterocycles. The van der Waals surface area contributed by atoms with Crippen molar-refractivity contribution < 1.29 is 4.74 Å². The molecule has 0 N–H and O–H groups in total. The van der Waals surface area contributed by atoms with Crippen LogP contribution in [-0.2, 0) is 6.61 Å². The molecule has 90 valence electrons. The minimum Gasteiger partial charge on any atom is -0.486 e. The van der Waals surface area contributed by atoms with Gasteiger partial charge >= 0.3 is 0 Å². The van der Waals surface area contributed by atoms with Crippen molar-refractivity contribution >= 4 is 0 Å². The van der Waals surface area contributed by atoms with E-state index in [4.69, 9.17) is 4.74 Å². The Hall–Kier alpha value is -1.84. The first-order valence-electron chi connectivity index (χ1n) is 5.74. The van der Waals surface area contributed by atoms with Crippen molar-refractivity contribution in [2.45, 2.75) is 33.4 Å². The van der Waals surface area contributed by atoms with E-state index in [1.165, 1.54) is 0 Å². The second-order valence-electron chi connectivity index (χ2n) is 4.24. The number of nitrogens with zero attached hydrogens (tertiary/aromatic N) is 3. The van der Waals surface area contributed by atoms with Crippen LogP contribution in [0.15, 0.2) is 30.7 Å². The van der Waals surface area contributed by atoms with Gasteiger partial charge in [-0.15, -0.1) is 0 Å². The highest BCUT2D eigenvalue weighted by Gasteiger charge is 2.09. The Labute approximate surface area is 101 Å². The maximum absolute atomic E-state index is 5.67. The van der Waals surface area contributed by atoms with Crippen LogP contribution in [0.5, 0.6) is 5.75 Å². The normalized spacial score (nSPS) is 10.8. The first kappa shape index (κ1) is 11.6. The molecule has 0 saturated carbocycles. The molecule has 0 aromatic carbocycles. The van der Waals surface area contributed by atoms with E-state index < -0.39 is 0 Å². The Morgan fingerprint density at radius 3 is 2.82 bits per heavy atom. The number of hydrogen-bond donors (Lipinski definition) is 0. The van der Waals surface area contributed by atoms with Gasteiger partial charge in [0.2, 0.25) is 0 Å². The van der Waals surface area contributed by atoms with Crippen molar-refractivity contribution in [3.8, 4) is 5.75 Å². The number of hydrogen-bond acceptors (Lipinski definition) is 3. The first-order valence-corrected chi connectivity index (χ1v) is 5.74. The van der Waals surface area contributed by atoms with Crippen LogP contribution in [0, 0.1) is 6.92 Å². The maximum atomic E-state index is 5.67. The molecule has 0 radical (unpaired) electrons. The van der Waals surface area contributed by atoms with E-state index in [0.717, 1.165) is 17.3 Å². The third-order valence-electron chi connectivity index (χ3n) is 2.60. The van der Waals surface area contributed by atoms with Gasteiger partial charge in [0.1, 0.15) is 18.2 Å². The predicted octanol–water partition coefficient (Wildman–Crippen LogP) is 2.75. The van der Waals surface area contributed by atoms with Crippen molar-refractivity contribution in [3.63, 3.8) is 0 Å². The van der Waals surface area contributed by atoms with Crippen LogP contribution in [0.3, 0.4) is 0 Å². The van der Waals surface area contributed by atoms with Gasteiger partial charge in [0, 0.05) is 12.2 Å². The maximum Gasteiger partial charge on any atom is 0.138 e. The van der Waals surface area contributed by atoms with E-state index in [0.29, 0.717) is 12.6 Å². The van der Waals surface area contributed by atoms with Crippen molar-refractivity contribution in [2.75, 3.05) is 0 Å². The zero-order valence-corrected chi connectivity index (χ0v) is 10.4. The summed E-state index contributed by atoms with van der Waals surface area (Å²) in [5, 5.41) is 0. The molecular formula is C13H17N3O. The minimum absolute atomic E-state index is 0.394. The Morgan fingerprint density at radius 1 is 1.35 bits per heavy atom. The van der Waals surface area contributed by atoms with Gasteiger partial charge in [-0.3, -0.25) is 4.98 Å². The molecule has 0 amide bonds. The Bertz CT molecular complexity index is 477. The molecule has 2 heterocycles. The Morgan fingerprint density at radius 2 is 2.18 bits per heavy atom. The van der Waals surface area contributed by atoms with Gasteiger partial charge in [0.15, 0.2) is 0 Å². The largest absolute Gasteiger partial charge is 0.486 e. The molecule has 17 heavy (non-hydrogen) atoms. The van der Waals surface area contributed by atoms with Crippen molar-refractivity contribution in [2.24, 2.45) is 0 Å². The van der Waals surface area contributed by atoms with Crippen molar-refractivity contribution in [1.29, 1.82) is 0 Å². The fraction of sp³-hybridized carbons (Fsp3) is 0.385. The molecule has 0 fully saturated rings. The van der Waals surface area contributed by atoms with Crippen LogP contribution >= 0.6 is 0 Å². The lowest BCUT2D eigenvalue weighted by atomic mass is 10.3. The third-order valence-corrected chi connectivity index (χ3v) is 2.60. The van der Waals surface area contributed by atoms with E-state index in [2.05, 4.69) is 28.4 Å². The number of rotatable bonds is 4. The molecule has 2 aromatic heterocycles. The molecule has 0 unspecified atom stereocenters. The highest BCUT2D eigenvalue weighted by atomic mass is 16.5. The standard InChI is InChI=1S/C13H17N3O/c1-10(2)16-11(3)15-7-12(16)9-17-13-5-4-6-14-8-13/h4-8,10H,9H2,1-3H3. The number of aryl methyl sites for hydroxylation is 1. The number of ether oxygens (including phenoxy) is 1. The topological polar surface area (TPSA) is 39.9 Å². The summed E-state index contributed by atoms with van der Waals surface area (Å²) in [6, 6.07) is 4.15. The monoisotopic (exact) mass is 231 g/mol. The summed E-state index contributed by atoms with van der Waals surface area (Å²) in [4.78, 5) is 8.33. The molecule has 0 spiro atoms. The van der Waals surface area contributed by atoms with Crippen LogP contribution in [-0.4, -0.2) is 14.5 Å². The van der Waals surface area contributed by atoms with Crippen LogP contribution in [0.1, 0.15) is 31.4 Å². The summed E-state index contributed by atoms with van der Waals surface area (Å²) in [7, 11) is 0. The van der Waals surface area contributed by atoms with E-state index in [9.17, 15) is 0 Å². The average molecular weight is 231 g/mol. The summed E-state index contributed by atoms with van der Waals surface area (Å²) in [5.74, 6) is 1.80. The zero-order valence-electron chi connectivity index (χ0n) is 10.4. The molecule has 0 aliphatic rings. The lowest BCUT2D eigenvalue weighted by Gasteiger charge is -2.14. The SMILES string of the molecule is Cc1ncc(COc2cccnc2)n1C(C)C. The molecule has 0 bridgehead atoms. The molecular weight excluding hydrogens is 214 g/mol. The molecule has 0 atom stereocenters. The van der Waals surface area contributed by atoms with Crippen LogP contribution in [0.25, 0.3) is 0 Å². The van der Waals surface area contributed by atoms with E-state index in [-0.39, 0.29) is 0 Å². The number of imidazole rings is 1. The van der Waals surface area contributed by atoms with Gasteiger partial charge in [0.25, 0.3) is 0 Å². The van der Waals surface area contributed by atoms with Gasteiger partial charge in [-0.05, 0) is 32.9 Å². The van der Waals surface area contributed by atoms with Crippen LogP contribution < -0.4 is 4.74 Å². The van der Waals surface area contributed by atoms with Crippen molar-refractivity contribution in [3.05, 3.63) is 42.2 Å². The van der Waals surface area contributed by atoms with E-state index in [1.807, 2.05) is 25.3 Å². The average Bonchev–Trinajstić information content (AvgIpc) is 2.69. The van der Waals surface area contributed by atoms with Gasteiger partial charge in [-0.2, -0.15) is 0 Å². The first-order chi connectivity index (χ1) is 8.18. The second kappa shape index (κ2) is 4.99. The quantitative estimate of drug-likeness (QED) is 0.812. The van der Waals surface area contributed by atoms with Crippen LogP contribution in [0.4, 0.5) is 0 Å². The zero-order chi connectivity index (χ0) is 12.3. The van der Waals surface area contributed by atoms with Gasteiger partial charge < -0.3 is 9.30 Å². The van der Waals surface area contributed by atoms with Gasteiger partial charge in [-0.25, -0.2) is 4.98 Å². The summed E-state index contributed by atoms with van der Waals surface area (Å²) in [6.07, 6.45) is 5.31. The van der Waals surface area contributed by atoms with Gasteiger partial charge in [0.05, 0.1) is 18.1 Å². The Balaban J connectivity index is 2.09. The smallest absolute Gasteiger partial charge is 0.138 e. The highest BCUT2D eigenvalue weighted by Crippen LogP contribution is 2.15. The van der Waals surface area contributed by atoms with E-state index in [1.54, 1.807) is 12.4 Å². The molecule has 2 aromatic rings. The third kappa shape index (κ3) is 2.64. The summed E-state index contributed by atoms with van der Waals surface area (Å²) < 4.78 is 7.85. The summed E-state index contributed by atoms with van der Waals surface area (Å²) in [6.45, 7) is 6.81. The molecule has 4 heteroatoms. The summed E-state index contributed by atoms with van der Waals surface area (Å²) >= 11 is 0. The molecule has 0 aliphatic carbocycles. The molecule has 2 rings (SSSR count). The Kier molecular flexibility index (Phi) is 3.42. The molecule has 0 saturated heterocycles. The highest BCUT2D eigenvalue weighted by molar-refractivity contribution is 5.16. The fourth-order valence-corrected chi connectivity index (χ4v) is 1.90. The van der Waals surface area contributed by atoms with Crippen molar-refractivity contribution in [1.82, 2.24) is 14.5 Å². The summed E-state index contributed by atoms with van der Waals surface area (Å²) in [5.41, 5.74) is 1.08. The van der Waals surface area contributed by atoms with Gasteiger partial charge in [-0.1, -0.05) is 0 Å². The fourth-order valence-electron chi connectivity index (χ4n) is 1.90. The minimum atomic E-state index is 0.394. The van der Waals surface area contributed by atoms with Crippen LogP contribution in [0.2, 0.25) is 0 Å². The number of pyridine rings is 1. The second-order valence-corrected chi connectivity index (χ2v) is 4.24. The van der Waals surface area contributed by atoms with E-state index >= 15 is 0 Å². The lowest BCUT2D eigenvalue weighted by molar-refractivity contribution is 0.290.